The molecule has 0 aliphatic heterocycles. The Kier molecular flexibility index (Phi) is 2.44. The average molecular weight is 239 g/mol. The first-order valence-electron chi connectivity index (χ1n) is 5.73. The van der Waals surface area contributed by atoms with Crippen molar-refractivity contribution >= 4 is 16.7 Å². The van der Waals surface area contributed by atoms with Crippen molar-refractivity contribution in [1.29, 1.82) is 0 Å². The van der Waals surface area contributed by atoms with E-state index in [1.165, 1.54) is 0 Å². The number of nitrogens with two attached hydrogens (primary N) is 1. The molecule has 0 saturated heterocycles. The van der Waals surface area contributed by atoms with Crippen molar-refractivity contribution in [3.8, 4) is 0 Å². The Morgan fingerprint density at radius 3 is 2.94 bits per heavy atom. The van der Waals surface area contributed by atoms with E-state index < -0.39 is 0 Å². The monoisotopic (exact) mass is 239 g/mol. The van der Waals surface area contributed by atoms with E-state index in [1.54, 1.807) is 6.20 Å². The summed E-state index contributed by atoms with van der Waals surface area (Å²) in [6, 6.07) is 9.59. The molecular formula is C13H13N5. The molecular weight excluding hydrogens is 226 g/mol. The lowest BCUT2D eigenvalue weighted by atomic mass is 10.3. The molecule has 90 valence electrons. The molecule has 1 aromatic carbocycles. The lowest BCUT2D eigenvalue weighted by Crippen LogP contribution is -2.04. The summed E-state index contributed by atoms with van der Waals surface area (Å²) >= 11 is 0. The maximum Gasteiger partial charge on any atom is 0.107 e. The molecule has 2 heterocycles. The number of rotatable bonds is 2. The minimum Gasteiger partial charge on any atom is -0.399 e. The number of imidazole rings is 1. The Bertz CT molecular complexity index is 687. The zero-order valence-electron chi connectivity index (χ0n) is 10.0. The van der Waals surface area contributed by atoms with Gasteiger partial charge in [-0.25, -0.2) is 4.98 Å². The molecule has 5 heteroatoms. The minimum atomic E-state index is 0.667. The predicted octanol–water partition coefficient (Wildman–Crippen LogP) is 1.77. The molecule has 0 aliphatic carbocycles. The number of benzene rings is 1. The van der Waals surface area contributed by atoms with Crippen LogP contribution >= 0.6 is 0 Å². The topological polar surface area (TPSA) is 69.6 Å². The summed E-state index contributed by atoms with van der Waals surface area (Å²) in [6.45, 7) is 2.65. The van der Waals surface area contributed by atoms with Gasteiger partial charge in [0.25, 0.3) is 0 Å². The summed E-state index contributed by atoms with van der Waals surface area (Å²) in [5.74, 6) is 0.946. The molecule has 2 aromatic heterocycles. The maximum absolute atomic E-state index is 5.76. The zero-order valence-corrected chi connectivity index (χ0v) is 10.0. The van der Waals surface area contributed by atoms with E-state index in [4.69, 9.17) is 5.73 Å². The van der Waals surface area contributed by atoms with Crippen LogP contribution in [0.2, 0.25) is 0 Å². The van der Waals surface area contributed by atoms with E-state index in [0.717, 1.165) is 28.2 Å². The first-order valence-corrected chi connectivity index (χ1v) is 5.73. The van der Waals surface area contributed by atoms with E-state index in [2.05, 4.69) is 19.7 Å². The normalized spacial score (nSPS) is 10.9. The Balaban J connectivity index is 2.09. The molecule has 0 saturated carbocycles. The van der Waals surface area contributed by atoms with E-state index >= 15 is 0 Å². The molecule has 0 aliphatic rings. The third-order valence-electron chi connectivity index (χ3n) is 2.91. The van der Waals surface area contributed by atoms with Crippen LogP contribution in [-0.2, 0) is 6.54 Å². The van der Waals surface area contributed by atoms with Crippen LogP contribution in [0.4, 0.5) is 5.69 Å². The highest BCUT2D eigenvalue weighted by molar-refractivity contribution is 5.79. The Hall–Kier alpha value is -2.43. The number of hydrogen-bond donors (Lipinski definition) is 1. The second-order valence-corrected chi connectivity index (χ2v) is 4.21. The van der Waals surface area contributed by atoms with Crippen LogP contribution in [0, 0.1) is 6.92 Å². The zero-order chi connectivity index (χ0) is 12.5. The minimum absolute atomic E-state index is 0.667. The Morgan fingerprint density at radius 1 is 1.28 bits per heavy atom. The van der Waals surface area contributed by atoms with Crippen molar-refractivity contribution < 1.29 is 0 Å². The number of aromatic nitrogens is 4. The van der Waals surface area contributed by atoms with Gasteiger partial charge in [0.05, 0.1) is 23.3 Å². The fourth-order valence-electron chi connectivity index (χ4n) is 2.05. The first kappa shape index (κ1) is 10.7. The summed E-state index contributed by atoms with van der Waals surface area (Å²) in [5, 5.41) is 7.98. The van der Waals surface area contributed by atoms with E-state index in [-0.39, 0.29) is 0 Å². The summed E-state index contributed by atoms with van der Waals surface area (Å²) in [4.78, 5) is 4.50. The maximum atomic E-state index is 5.76. The molecule has 0 bridgehead atoms. The molecule has 0 fully saturated rings. The second-order valence-electron chi connectivity index (χ2n) is 4.21. The van der Waals surface area contributed by atoms with Crippen LogP contribution < -0.4 is 5.73 Å². The standard InChI is InChI=1S/C13H13N5/c1-9-16-12-7-10(14)4-5-13(12)18(9)8-11-3-2-6-15-17-11/h2-7H,8,14H2,1H3. The van der Waals surface area contributed by atoms with Crippen molar-refractivity contribution in [2.24, 2.45) is 0 Å². The van der Waals surface area contributed by atoms with Crippen molar-refractivity contribution in [3.05, 3.63) is 48.0 Å². The highest BCUT2D eigenvalue weighted by atomic mass is 15.1. The summed E-state index contributed by atoms with van der Waals surface area (Å²) in [7, 11) is 0. The van der Waals surface area contributed by atoms with Crippen LogP contribution in [0.5, 0.6) is 0 Å². The molecule has 0 amide bonds. The number of nitrogens with zero attached hydrogens (tertiary/aromatic N) is 4. The first-order chi connectivity index (χ1) is 8.74. The molecule has 5 nitrogen and oxygen atoms in total. The number of hydrogen-bond acceptors (Lipinski definition) is 4. The van der Waals surface area contributed by atoms with E-state index in [0.29, 0.717) is 6.54 Å². The van der Waals surface area contributed by atoms with Crippen molar-refractivity contribution in [3.63, 3.8) is 0 Å². The summed E-state index contributed by atoms with van der Waals surface area (Å²) in [5.41, 5.74) is 9.38. The van der Waals surface area contributed by atoms with Gasteiger partial charge >= 0.3 is 0 Å². The van der Waals surface area contributed by atoms with Gasteiger partial charge in [0.1, 0.15) is 5.82 Å². The fraction of sp³-hybridized carbons (Fsp3) is 0.154. The van der Waals surface area contributed by atoms with Crippen LogP contribution in [0.15, 0.2) is 36.5 Å². The molecule has 0 spiro atoms. The summed E-state index contributed by atoms with van der Waals surface area (Å²) < 4.78 is 2.11. The van der Waals surface area contributed by atoms with Crippen molar-refractivity contribution in [1.82, 2.24) is 19.7 Å². The second kappa shape index (κ2) is 4.10. The average Bonchev–Trinajstić information content (AvgIpc) is 2.66. The van der Waals surface area contributed by atoms with Gasteiger partial charge in [0, 0.05) is 11.9 Å². The molecule has 0 unspecified atom stereocenters. The van der Waals surface area contributed by atoms with Crippen LogP contribution in [0.25, 0.3) is 11.0 Å². The van der Waals surface area contributed by atoms with Crippen LogP contribution in [0.1, 0.15) is 11.5 Å². The van der Waals surface area contributed by atoms with Gasteiger partial charge in [0.15, 0.2) is 0 Å². The molecule has 0 atom stereocenters. The predicted molar refractivity (Wildman–Crippen MR) is 70.0 cm³/mol. The number of nitrogen functional groups attached to an aromatic ring is 1. The van der Waals surface area contributed by atoms with E-state index in [9.17, 15) is 0 Å². The number of anilines is 1. The molecule has 18 heavy (non-hydrogen) atoms. The highest BCUT2D eigenvalue weighted by Gasteiger charge is 2.08. The van der Waals surface area contributed by atoms with Crippen LogP contribution in [0.3, 0.4) is 0 Å². The van der Waals surface area contributed by atoms with Gasteiger partial charge < -0.3 is 10.3 Å². The van der Waals surface area contributed by atoms with E-state index in [1.807, 2.05) is 37.3 Å². The van der Waals surface area contributed by atoms with Crippen molar-refractivity contribution in [2.75, 3.05) is 5.73 Å². The van der Waals surface area contributed by atoms with Gasteiger partial charge in [-0.1, -0.05) is 0 Å². The summed E-state index contributed by atoms with van der Waals surface area (Å²) in [6.07, 6.45) is 1.67. The third kappa shape index (κ3) is 1.79. The lowest BCUT2D eigenvalue weighted by Gasteiger charge is -2.05. The largest absolute Gasteiger partial charge is 0.399 e. The van der Waals surface area contributed by atoms with Gasteiger partial charge in [-0.05, 0) is 37.3 Å². The lowest BCUT2D eigenvalue weighted by molar-refractivity contribution is 0.746. The molecule has 3 rings (SSSR count). The highest BCUT2D eigenvalue weighted by Crippen LogP contribution is 2.19. The van der Waals surface area contributed by atoms with Gasteiger partial charge in [0.2, 0.25) is 0 Å². The Morgan fingerprint density at radius 2 is 2.17 bits per heavy atom. The molecule has 2 N–H and O–H groups in total. The number of aryl methyl sites for hydroxylation is 1. The SMILES string of the molecule is Cc1nc2cc(N)ccc2n1Cc1cccnn1. The van der Waals surface area contributed by atoms with Gasteiger partial charge in [-0.2, -0.15) is 10.2 Å². The third-order valence-corrected chi connectivity index (χ3v) is 2.91. The van der Waals surface area contributed by atoms with Gasteiger partial charge in [-0.3, -0.25) is 0 Å². The van der Waals surface area contributed by atoms with Crippen molar-refractivity contribution in [2.45, 2.75) is 13.5 Å². The number of fused-ring (bicyclic) bond motifs is 1. The van der Waals surface area contributed by atoms with Gasteiger partial charge in [-0.15, -0.1) is 0 Å². The Labute approximate surface area is 104 Å². The van der Waals surface area contributed by atoms with Crippen LogP contribution in [-0.4, -0.2) is 19.7 Å². The molecule has 3 aromatic rings. The quantitative estimate of drug-likeness (QED) is 0.692. The smallest absolute Gasteiger partial charge is 0.107 e. The molecule has 0 radical (unpaired) electrons. The fourth-order valence-corrected chi connectivity index (χ4v) is 2.05.